The van der Waals surface area contributed by atoms with Crippen molar-refractivity contribution in [3.8, 4) is 5.75 Å². The maximum atomic E-state index is 13.4. The summed E-state index contributed by atoms with van der Waals surface area (Å²) in [6.07, 6.45) is 3.18. The minimum absolute atomic E-state index is 0.0384. The van der Waals surface area contributed by atoms with Crippen LogP contribution < -0.4 is 14.4 Å². The number of hydrogen-bond acceptors (Lipinski definition) is 5. The van der Waals surface area contributed by atoms with Crippen LogP contribution in [-0.4, -0.2) is 57.1 Å². The molecule has 0 radical (unpaired) electrons. The van der Waals surface area contributed by atoms with Crippen LogP contribution in [0, 0.1) is 0 Å². The predicted octanol–water partition coefficient (Wildman–Crippen LogP) is 5.27. The second-order valence-electron chi connectivity index (χ2n) is 8.93. The van der Waals surface area contributed by atoms with Gasteiger partial charge in [0.05, 0.1) is 28.6 Å². The zero-order valence-corrected chi connectivity index (χ0v) is 24.7. The van der Waals surface area contributed by atoms with Gasteiger partial charge in [0.15, 0.2) is 0 Å². The Kier molecular flexibility index (Phi) is 12.7. The normalized spacial score (nSPS) is 12.1. The van der Waals surface area contributed by atoms with Crippen molar-refractivity contribution in [1.29, 1.82) is 0 Å². The monoisotopic (exact) mass is 585 g/mol. The lowest BCUT2D eigenvalue weighted by atomic mass is 10.1. The van der Waals surface area contributed by atoms with Gasteiger partial charge in [-0.15, -0.1) is 0 Å². The van der Waals surface area contributed by atoms with Crippen LogP contribution in [0.1, 0.15) is 52.0 Å². The number of para-hydroxylation sites is 2. The van der Waals surface area contributed by atoms with E-state index in [1.54, 1.807) is 49.4 Å². The number of nitrogens with zero attached hydrogens (tertiary/aromatic N) is 2. The highest BCUT2D eigenvalue weighted by Gasteiger charge is 2.27. The zero-order chi connectivity index (χ0) is 28.3. The van der Waals surface area contributed by atoms with Crippen LogP contribution in [0.25, 0.3) is 0 Å². The van der Waals surface area contributed by atoms with Gasteiger partial charge in [0.25, 0.3) is 0 Å². The summed E-state index contributed by atoms with van der Waals surface area (Å²) < 4.78 is 32.1. The van der Waals surface area contributed by atoms with Gasteiger partial charge in [0.1, 0.15) is 11.8 Å². The van der Waals surface area contributed by atoms with Crippen molar-refractivity contribution in [3.63, 3.8) is 0 Å². The van der Waals surface area contributed by atoms with Crippen LogP contribution >= 0.6 is 23.2 Å². The molecule has 2 aromatic rings. The second kappa shape index (κ2) is 15.2. The van der Waals surface area contributed by atoms with Gasteiger partial charge in [-0.3, -0.25) is 13.9 Å². The molecule has 2 amide bonds. The third-order valence-corrected chi connectivity index (χ3v) is 7.84. The number of anilines is 1. The predicted molar refractivity (Wildman–Crippen MR) is 153 cm³/mol. The summed E-state index contributed by atoms with van der Waals surface area (Å²) in [5.74, 6) is -0.0820. The van der Waals surface area contributed by atoms with Crippen molar-refractivity contribution < 1.29 is 22.7 Å². The van der Waals surface area contributed by atoms with Gasteiger partial charge in [0, 0.05) is 26.1 Å². The molecule has 0 aliphatic heterocycles. The number of sulfonamides is 1. The average molecular weight is 587 g/mol. The molecule has 2 rings (SSSR count). The lowest BCUT2D eigenvalue weighted by molar-refractivity contribution is -0.140. The van der Waals surface area contributed by atoms with E-state index in [4.69, 9.17) is 27.9 Å². The number of amides is 2. The molecule has 0 heterocycles. The van der Waals surface area contributed by atoms with E-state index in [1.807, 2.05) is 13.8 Å². The van der Waals surface area contributed by atoms with Gasteiger partial charge >= 0.3 is 0 Å². The Balaban J connectivity index is 2.21. The fourth-order valence-corrected chi connectivity index (χ4v) is 5.17. The van der Waals surface area contributed by atoms with E-state index in [0.29, 0.717) is 34.6 Å². The van der Waals surface area contributed by atoms with Crippen LogP contribution in [0.2, 0.25) is 10.0 Å². The number of halogens is 2. The Hall–Kier alpha value is -2.49. The van der Waals surface area contributed by atoms with E-state index < -0.39 is 16.1 Å². The Bertz CT molecular complexity index is 1190. The van der Waals surface area contributed by atoms with E-state index in [2.05, 4.69) is 5.32 Å². The minimum Gasteiger partial charge on any atom is -0.492 e. The van der Waals surface area contributed by atoms with Crippen molar-refractivity contribution >= 4 is 50.7 Å². The third kappa shape index (κ3) is 9.36. The molecule has 1 atom stereocenters. The van der Waals surface area contributed by atoms with Gasteiger partial charge in [-0.25, -0.2) is 8.42 Å². The number of carbonyl (C=O) groups is 2. The Morgan fingerprint density at radius 1 is 1.05 bits per heavy atom. The van der Waals surface area contributed by atoms with Crippen LogP contribution in [0.3, 0.4) is 0 Å². The summed E-state index contributed by atoms with van der Waals surface area (Å²) in [6, 6.07) is 11.2. The Morgan fingerprint density at radius 2 is 1.76 bits per heavy atom. The first-order valence-electron chi connectivity index (χ1n) is 12.7. The first-order chi connectivity index (χ1) is 18.0. The zero-order valence-electron chi connectivity index (χ0n) is 22.4. The number of benzene rings is 2. The van der Waals surface area contributed by atoms with E-state index in [1.165, 1.54) is 9.21 Å². The molecule has 0 aromatic heterocycles. The summed E-state index contributed by atoms with van der Waals surface area (Å²) in [6.45, 7) is 6.67. The first kappa shape index (κ1) is 31.7. The van der Waals surface area contributed by atoms with Crippen molar-refractivity contribution in [2.24, 2.45) is 0 Å². The molecule has 1 unspecified atom stereocenters. The number of nitrogens with one attached hydrogen (secondary N) is 1. The van der Waals surface area contributed by atoms with E-state index in [-0.39, 0.29) is 37.7 Å². The first-order valence-corrected chi connectivity index (χ1v) is 15.3. The maximum absolute atomic E-state index is 13.4. The van der Waals surface area contributed by atoms with Gasteiger partial charge in [0.2, 0.25) is 21.8 Å². The molecule has 38 heavy (non-hydrogen) atoms. The van der Waals surface area contributed by atoms with Crippen LogP contribution in [-0.2, 0) is 26.2 Å². The molecular weight excluding hydrogens is 549 g/mol. The summed E-state index contributed by atoms with van der Waals surface area (Å²) >= 11 is 12.2. The Labute approximate surface area is 236 Å². The fourth-order valence-electron chi connectivity index (χ4n) is 3.88. The highest BCUT2D eigenvalue weighted by Crippen LogP contribution is 2.30. The standard InChI is InChI=1S/C27H37Cl2N3O5S/c1-5-7-16-30-27(34)20(3)31(19-21-14-15-22(28)23(29)18-21)26(33)13-10-17-32(38(4,35)36)24-11-8-9-12-25(24)37-6-2/h8-9,11-12,14-15,18,20H,5-7,10,13,16-17,19H2,1-4H3,(H,30,34). The molecule has 0 saturated heterocycles. The fraction of sp³-hybridized carbons (Fsp3) is 0.481. The van der Waals surface area contributed by atoms with Gasteiger partial charge in [-0.05, 0) is 56.5 Å². The van der Waals surface area contributed by atoms with Crippen LogP contribution in [0.5, 0.6) is 5.75 Å². The SMILES string of the molecule is CCCCNC(=O)C(C)N(Cc1ccc(Cl)c(Cl)c1)C(=O)CCCN(c1ccccc1OCC)S(C)(=O)=O. The number of ether oxygens (including phenoxy) is 1. The third-order valence-electron chi connectivity index (χ3n) is 5.92. The van der Waals surface area contributed by atoms with Gasteiger partial charge < -0.3 is 15.0 Å². The van der Waals surface area contributed by atoms with Crippen molar-refractivity contribution in [2.75, 3.05) is 30.3 Å². The highest BCUT2D eigenvalue weighted by atomic mass is 35.5. The maximum Gasteiger partial charge on any atom is 0.242 e. The molecule has 11 heteroatoms. The number of hydrogen-bond donors (Lipinski definition) is 1. The molecule has 0 bridgehead atoms. The van der Waals surface area contributed by atoms with Crippen LogP contribution in [0.4, 0.5) is 5.69 Å². The number of rotatable bonds is 15. The molecule has 2 aromatic carbocycles. The van der Waals surface area contributed by atoms with Gasteiger partial charge in [-0.2, -0.15) is 0 Å². The largest absolute Gasteiger partial charge is 0.492 e. The summed E-state index contributed by atoms with van der Waals surface area (Å²) in [4.78, 5) is 27.7. The molecule has 0 spiro atoms. The molecule has 210 valence electrons. The summed E-state index contributed by atoms with van der Waals surface area (Å²) in [5, 5.41) is 3.63. The number of unbranched alkanes of at least 4 members (excludes halogenated alkanes) is 1. The quantitative estimate of drug-likeness (QED) is 0.287. The van der Waals surface area contributed by atoms with Gasteiger partial charge in [-0.1, -0.05) is 54.7 Å². The molecule has 0 saturated carbocycles. The molecular formula is C27H37Cl2N3O5S. The molecule has 0 aliphatic carbocycles. The topological polar surface area (TPSA) is 96.0 Å². The number of carbonyl (C=O) groups excluding carboxylic acids is 2. The van der Waals surface area contributed by atoms with Crippen molar-refractivity contribution in [3.05, 3.63) is 58.1 Å². The summed E-state index contributed by atoms with van der Waals surface area (Å²) in [5.41, 5.74) is 1.14. The molecule has 8 nitrogen and oxygen atoms in total. The average Bonchev–Trinajstić information content (AvgIpc) is 2.87. The van der Waals surface area contributed by atoms with E-state index >= 15 is 0 Å². The van der Waals surface area contributed by atoms with E-state index in [0.717, 1.165) is 24.7 Å². The summed E-state index contributed by atoms with van der Waals surface area (Å²) in [7, 11) is -3.64. The minimum atomic E-state index is -3.64. The Morgan fingerprint density at radius 3 is 2.39 bits per heavy atom. The van der Waals surface area contributed by atoms with E-state index in [9.17, 15) is 18.0 Å². The van der Waals surface area contributed by atoms with Crippen LogP contribution in [0.15, 0.2) is 42.5 Å². The lowest BCUT2D eigenvalue weighted by Gasteiger charge is -2.29. The van der Waals surface area contributed by atoms with Crippen molar-refractivity contribution in [2.45, 2.75) is 59.0 Å². The molecule has 0 fully saturated rings. The van der Waals surface area contributed by atoms with Crippen molar-refractivity contribution in [1.82, 2.24) is 10.2 Å². The molecule has 0 aliphatic rings. The molecule has 1 N–H and O–H groups in total. The smallest absolute Gasteiger partial charge is 0.242 e. The lowest BCUT2D eigenvalue weighted by Crippen LogP contribution is -2.48. The highest BCUT2D eigenvalue weighted by molar-refractivity contribution is 7.92. The second-order valence-corrected chi connectivity index (χ2v) is 11.7.